The van der Waals surface area contributed by atoms with Crippen LogP contribution in [0.15, 0.2) is 85.2 Å². The Morgan fingerprint density at radius 1 is 0.943 bits per heavy atom. The molecule has 12 heteroatoms. The van der Waals surface area contributed by atoms with Gasteiger partial charge in [0.05, 0.1) is 22.2 Å². The summed E-state index contributed by atoms with van der Waals surface area (Å²) in [5.41, 5.74) is 5.37. The molecule has 9 nitrogen and oxygen atoms in total. The number of aliphatic hydroxyl groups is 1. The maximum atomic E-state index is 15.2. The van der Waals surface area contributed by atoms with Crippen molar-refractivity contribution in [2.24, 2.45) is 0 Å². The molecular formula is C41H39Cl2FN4O5. The van der Waals surface area contributed by atoms with E-state index >= 15 is 4.39 Å². The van der Waals surface area contributed by atoms with Gasteiger partial charge in [0, 0.05) is 53.8 Å². The molecule has 0 saturated heterocycles. The summed E-state index contributed by atoms with van der Waals surface area (Å²) in [5.74, 6) is -1.00. The molecule has 0 aliphatic heterocycles. The first-order valence-corrected chi connectivity index (χ1v) is 17.4. The molecule has 1 heterocycles. The average molecular weight is 758 g/mol. The summed E-state index contributed by atoms with van der Waals surface area (Å²) >= 11 is 13.7. The molecular weight excluding hydrogens is 718 g/mol. The molecule has 0 aliphatic carbocycles. The van der Waals surface area contributed by atoms with Crippen molar-refractivity contribution in [3.8, 4) is 39.8 Å². The summed E-state index contributed by atoms with van der Waals surface area (Å²) in [4.78, 5) is 18.0. The molecule has 3 N–H and O–H groups in total. The number of nitrogens with zero attached hydrogens (tertiary/aromatic N) is 3. The number of hydrogen-bond acceptors (Lipinski definition) is 8. The van der Waals surface area contributed by atoms with E-state index in [4.69, 9.17) is 32.7 Å². The average Bonchev–Trinajstić information content (AvgIpc) is 3.14. The van der Waals surface area contributed by atoms with E-state index in [0.29, 0.717) is 44.3 Å². The molecule has 0 radical (unpaired) electrons. The zero-order chi connectivity index (χ0) is 38.3. The third-order valence-corrected chi connectivity index (χ3v) is 9.51. The minimum atomic E-state index is -1.62. The van der Waals surface area contributed by atoms with Gasteiger partial charge in [0.15, 0.2) is 0 Å². The van der Waals surface area contributed by atoms with Crippen LogP contribution in [0.3, 0.4) is 0 Å². The maximum Gasteiger partial charge on any atom is 0.326 e. The van der Waals surface area contributed by atoms with E-state index in [0.717, 1.165) is 34.4 Å². The summed E-state index contributed by atoms with van der Waals surface area (Å²) in [7, 11) is 4.00. The van der Waals surface area contributed by atoms with E-state index in [9.17, 15) is 20.3 Å². The largest absolute Gasteiger partial charge is 0.488 e. The highest BCUT2D eigenvalue weighted by molar-refractivity contribution is 6.36. The molecule has 274 valence electrons. The fraction of sp³-hybridized carbons (Fsp3) is 0.244. The lowest BCUT2D eigenvalue weighted by Crippen LogP contribution is -2.52. The Hall–Kier alpha value is -5.02. The summed E-state index contributed by atoms with van der Waals surface area (Å²) < 4.78 is 27.5. The summed E-state index contributed by atoms with van der Waals surface area (Å²) in [6, 6.07) is 23.3. The molecule has 1 atom stereocenters. The Balaban J connectivity index is 1.42. The van der Waals surface area contributed by atoms with Gasteiger partial charge in [-0.3, -0.25) is 15.1 Å². The van der Waals surface area contributed by atoms with Gasteiger partial charge in [-0.05, 0) is 80.0 Å². The van der Waals surface area contributed by atoms with Crippen molar-refractivity contribution in [3.05, 3.63) is 134 Å². The molecule has 1 aromatic heterocycles. The zero-order valence-electron chi connectivity index (χ0n) is 29.7. The molecule has 0 saturated carbocycles. The Morgan fingerprint density at radius 3 is 2.34 bits per heavy atom. The Morgan fingerprint density at radius 2 is 1.66 bits per heavy atom. The van der Waals surface area contributed by atoms with Crippen LogP contribution in [-0.2, 0) is 31.1 Å². The van der Waals surface area contributed by atoms with Crippen LogP contribution in [0.5, 0.6) is 11.5 Å². The summed E-state index contributed by atoms with van der Waals surface area (Å²) in [5, 5.41) is 32.2. The number of carboxylic acids is 1. The van der Waals surface area contributed by atoms with E-state index in [2.05, 4.69) is 15.2 Å². The number of carboxylic acid groups (broad SMARTS) is 1. The Kier molecular flexibility index (Phi) is 12.7. The third kappa shape index (κ3) is 9.51. The number of nitriles is 1. The second-order valence-electron chi connectivity index (χ2n) is 13.1. The number of aliphatic carboxylic acids is 1. The number of carbonyl (C=O) groups is 1. The second-order valence-corrected chi connectivity index (χ2v) is 13.9. The highest BCUT2D eigenvalue weighted by Crippen LogP contribution is 2.40. The van der Waals surface area contributed by atoms with Gasteiger partial charge in [-0.1, -0.05) is 65.7 Å². The van der Waals surface area contributed by atoms with Crippen molar-refractivity contribution < 1.29 is 28.9 Å². The van der Waals surface area contributed by atoms with Crippen LogP contribution in [0.4, 0.5) is 4.39 Å². The predicted molar refractivity (Wildman–Crippen MR) is 203 cm³/mol. The predicted octanol–water partition coefficient (Wildman–Crippen LogP) is 8.19. The van der Waals surface area contributed by atoms with E-state index in [1.807, 2.05) is 69.6 Å². The normalized spacial score (nSPS) is 12.3. The van der Waals surface area contributed by atoms with Gasteiger partial charge in [0.25, 0.3) is 0 Å². The van der Waals surface area contributed by atoms with Crippen LogP contribution >= 0.6 is 23.2 Å². The van der Waals surface area contributed by atoms with Gasteiger partial charge in [-0.25, -0.2) is 4.39 Å². The maximum absolute atomic E-state index is 15.2. The number of benzene rings is 4. The van der Waals surface area contributed by atoms with E-state index in [1.54, 1.807) is 24.4 Å². The van der Waals surface area contributed by atoms with Crippen molar-refractivity contribution in [1.82, 2.24) is 15.2 Å². The van der Waals surface area contributed by atoms with Gasteiger partial charge in [0.2, 0.25) is 0 Å². The molecule has 53 heavy (non-hydrogen) atoms. The first-order chi connectivity index (χ1) is 25.3. The van der Waals surface area contributed by atoms with Crippen LogP contribution in [-0.4, -0.2) is 52.3 Å². The Bertz CT molecular complexity index is 2160. The minimum absolute atomic E-state index is 0.00700. The first kappa shape index (κ1) is 39.2. The highest BCUT2D eigenvalue weighted by Gasteiger charge is 2.32. The smallest absolute Gasteiger partial charge is 0.326 e. The molecule has 1 unspecified atom stereocenters. The number of aliphatic hydroxyl groups excluding tert-OH is 1. The minimum Gasteiger partial charge on any atom is -0.488 e. The monoisotopic (exact) mass is 756 g/mol. The number of aromatic nitrogens is 1. The summed E-state index contributed by atoms with van der Waals surface area (Å²) in [6.07, 6.45) is 3.02. The lowest BCUT2D eigenvalue weighted by molar-refractivity contribution is -0.145. The fourth-order valence-electron chi connectivity index (χ4n) is 5.67. The van der Waals surface area contributed by atoms with Crippen LogP contribution in [0.25, 0.3) is 22.3 Å². The Labute approximate surface area is 318 Å². The van der Waals surface area contributed by atoms with Gasteiger partial charge in [0.1, 0.15) is 42.1 Å². The molecule has 0 aliphatic rings. The van der Waals surface area contributed by atoms with Gasteiger partial charge in [-0.15, -0.1) is 0 Å². The second kappa shape index (κ2) is 17.2. The fourth-order valence-corrected chi connectivity index (χ4v) is 6.24. The first-order valence-electron chi connectivity index (χ1n) is 16.6. The van der Waals surface area contributed by atoms with E-state index < -0.39 is 23.9 Å². The molecule has 0 spiro atoms. The van der Waals surface area contributed by atoms with Crippen LogP contribution < -0.4 is 14.8 Å². The lowest BCUT2D eigenvalue weighted by Gasteiger charge is -2.25. The topological polar surface area (TPSA) is 128 Å². The van der Waals surface area contributed by atoms with Gasteiger partial charge < -0.3 is 24.6 Å². The van der Waals surface area contributed by atoms with E-state index in [1.165, 1.54) is 25.3 Å². The number of ether oxygens (including phenoxy) is 2. The lowest BCUT2D eigenvalue weighted by atomic mass is 9.93. The number of halogens is 3. The number of nitrogens with one attached hydrogen (secondary N) is 1. The SMILES string of the molecule is Cc1c(COc2cc(OCc3cncc(C#N)c3)c(CNC(C)(CO)C(=O)O)cc2Cl)cccc1-c1cc(F)cc(-c2ccc(CN(C)C)cc2)c1Cl. The highest BCUT2D eigenvalue weighted by atomic mass is 35.5. The molecule has 0 bridgehead atoms. The number of hydrogen-bond donors (Lipinski definition) is 3. The molecule has 4 aromatic carbocycles. The van der Waals surface area contributed by atoms with Crippen LogP contribution in [0.2, 0.25) is 10.0 Å². The van der Waals surface area contributed by atoms with Crippen molar-refractivity contribution in [1.29, 1.82) is 5.26 Å². The number of pyridine rings is 1. The standard InChI is InChI=1S/C41H39Cl2FN4O5/c1-25-30(6-5-7-33(25)35-15-32(44)14-34(39(35)43)29-10-8-26(9-11-29)21-48(3)4)23-53-38-16-37(52-22-28-12-27(17-45)18-46-19-28)31(13-36(38)42)20-47-41(2,24-49)40(50)51/h5-16,18-19,47,49H,20-24H2,1-4H3,(H,50,51). The van der Waals surface area contributed by atoms with Crippen LogP contribution in [0.1, 0.15) is 40.3 Å². The quantitative estimate of drug-likeness (QED) is 0.0969. The molecule has 0 amide bonds. The molecule has 5 aromatic rings. The third-order valence-electron chi connectivity index (χ3n) is 8.81. The van der Waals surface area contributed by atoms with Crippen molar-refractivity contribution in [2.45, 2.75) is 45.7 Å². The van der Waals surface area contributed by atoms with Gasteiger partial charge >= 0.3 is 5.97 Å². The molecule has 5 rings (SSSR count). The van der Waals surface area contributed by atoms with Gasteiger partial charge in [-0.2, -0.15) is 5.26 Å². The van der Waals surface area contributed by atoms with Crippen LogP contribution in [0, 0.1) is 24.1 Å². The zero-order valence-corrected chi connectivity index (χ0v) is 31.2. The van der Waals surface area contributed by atoms with Crippen molar-refractivity contribution >= 4 is 29.2 Å². The number of rotatable bonds is 15. The summed E-state index contributed by atoms with van der Waals surface area (Å²) in [6.45, 7) is 3.55. The van der Waals surface area contributed by atoms with Crippen molar-refractivity contribution in [3.63, 3.8) is 0 Å². The van der Waals surface area contributed by atoms with Crippen molar-refractivity contribution in [2.75, 3.05) is 20.7 Å². The molecule has 0 fully saturated rings. The van der Waals surface area contributed by atoms with E-state index in [-0.39, 0.29) is 24.8 Å².